The van der Waals surface area contributed by atoms with Crippen LogP contribution < -0.4 is 30.6 Å². The summed E-state index contributed by atoms with van der Waals surface area (Å²) in [6, 6.07) is 13.1. The molecule has 12 heteroatoms. The van der Waals surface area contributed by atoms with E-state index in [9.17, 15) is 13.2 Å². The molecule has 0 radical (unpaired) electrons. The van der Waals surface area contributed by atoms with Gasteiger partial charge < -0.3 is 25.8 Å². The molecule has 0 saturated carbocycles. The van der Waals surface area contributed by atoms with Crippen molar-refractivity contribution in [1.82, 2.24) is 14.7 Å². The normalized spacial score (nSPS) is 11.0. The molecule has 34 heavy (non-hydrogen) atoms. The van der Waals surface area contributed by atoms with Gasteiger partial charge in [0.25, 0.3) is 5.91 Å². The maximum absolute atomic E-state index is 12.6. The highest BCUT2D eigenvalue weighted by Crippen LogP contribution is 2.22. The molecule has 180 valence electrons. The highest BCUT2D eigenvalue weighted by molar-refractivity contribution is 7.89. The zero-order valence-electron chi connectivity index (χ0n) is 19.0. The molecule has 11 nitrogen and oxygen atoms in total. The van der Waals surface area contributed by atoms with Gasteiger partial charge in [0.15, 0.2) is 0 Å². The molecule has 1 amide bonds. The summed E-state index contributed by atoms with van der Waals surface area (Å²) in [6.07, 6.45) is 0. The molecule has 1 heterocycles. The summed E-state index contributed by atoms with van der Waals surface area (Å²) in [6.45, 7) is 2.11. The first-order valence-corrected chi connectivity index (χ1v) is 11.7. The van der Waals surface area contributed by atoms with Crippen LogP contribution in [0.4, 0.5) is 17.5 Å². The molecule has 0 aliphatic rings. The number of benzene rings is 2. The number of sulfonamides is 1. The van der Waals surface area contributed by atoms with Gasteiger partial charge in [0.1, 0.15) is 17.3 Å². The number of nitrogens with one attached hydrogen (secondary N) is 3. The minimum Gasteiger partial charge on any atom is -0.497 e. The molecule has 0 fully saturated rings. The summed E-state index contributed by atoms with van der Waals surface area (Å²) in [4.78, 5) is 20.2. The molecule has 0 aliphatic heterocycles. The maximum Gasteiger partial charge on any atom is 0.252 e. The Morgan fingerprint density at radius 2 is 1.74 bits per heavy atom. The minimum atomic E-state index is -3.88. The van der Waals surface area contributed by atoms with Crippen LogP contribution in [0.15, 0.2) is 53.4 Å². The molecule has 2 aromatic carbocycles. The second-order valence-electron chi connectivity index (χ2n) is 7.12. The molecule has 5 N–H and O–H groups in total. The Kier molecular flexibility index (Phi) is 7.87. The number of nitrogens with two attached hydrogens (primary N) is 1. The average Bonchev–Trinajstić information content (AvgIpc) is 2.81. The van der Waals surface area contributed by atoms with Gasteiger partial charge in [-0.05, 0) is 49.4 Å². The number of hydrogen-bond acceptors (Lipinski definition) is 9. The van der Waals surface area contributed by atoms with Gasteiger partial charge in [-0.1, -0.05) is 0 Å². The number of hydrogen-bond donors (Lipinski definition) is 4. The number of aryl methyl sites for hydroxylation is 1. The van der Waals surface area contributed by atoms with Crippen molar-refractivity contribution in [3.63, 3.8) is 0 Å². The van der Waals surface area contributed by atoms with Gasteiger partial charge >= 0.3 is 0 Å². The summed E-state index contributed by atoms with van der Waals surface area (Å²) in [5, 5.41) is 6.19. The van der Waals surface area contributed by atoms with Crippen LogP contribution >= 0.6 is 0 Å². The fraction of sp³-hybridized carbons (Fsp3) is 0.227. The van der Waals surface area contributed by atoms with Crippen LogP contribution in [0.2, 0.25) is 0 Å². The first kappa shape index (κ1) is 24.7. The van der Waals surface area contributed by atoms with E-state index in [1.54, 1.807) is 13.2 Å². The van der Waals surface area contributed by atoms with Gasteiger partial charge in [0.2, 0.25) is 16.0 Å². The molecule has 0 unspecified atom stereocenters. The number of carbonyl (C=O) groups excluding carboxylic acids is 1. The lowest BCUT2D eigenvalue weighted by Gasteiger charge is -2.12. The lowest BCUT2D eigenvalue weighted by Crippen LogP contribution is -2.29. The molecule has 3 rings (SSSR count). The maximum atomic E-state index is 12.6. The molecule has 0 bridgehead atoms. The van der Waals surface area contributed by atoms with Crippen LogP contribution in [0.3, 0.4) is 0 Å². The quantitative estimate of drug-likeness (QED) is 0.298. The van der Waals surface area contributed by atoms with Crippen LogP contribution in [0.5, 0.6) is 11.5 Å². The van der Waals surface area contributed by atoms with E-state index in [1.807, 2.05) is 31.2 Å². The van der Waals surface area contributed by atoms with Crippen LogP contribution in [0.1, 0.15) is 16.1 Å². The van der Waals surface area contributed by atoms with Crippen LogP contribution in [0.25, 0.3) is 0 Å². The lowest BCUT2D eigenvalue weighted by atomic mass is 10.2. The number of primary amides is 1. The highest BCUT2D eigenvalue weighted by atomic mass is 32.2. The van der Waals surface area contributed by atoms with E-state index in [0.717, 1.165) is 17.1 Å². The molecule has 0 spiro atoms. The van der Waals surface area contributed by atoms with Crippen molar-refractivity contribution in [2.45, 2.75) is 11.8 Å². The third-order valence-electron chi connectivity index (χ3n) is 4.66. The third-order valence-corrected chi connectivity index (χ3v) is 6.12. The summed E-state index contributed by atoms with van der Waals surface area (Å²) in [5.74, 6) is 1.08. The largest absolute Gasteiger partial charge is 0.497 e. The Morgan fingerprint density at radius 1 is 1.00 bits per heavy atom. The first-order valence-electron chi connectivity index (χ1n) is 10.2. The first-order chi connectivity index (χ1) is 16.2. The number of carbonyl (C=O) groups is 1. The van der Waals surface area contributed by atoms with Crippen LogP contribution in [-0.4, -0.2) is 51.6 Å². The average molecular weight is 487 g/mol. The number of aromatic nitrogens is 2. The van der Waals surface area contributed by atoms with E-state index < -0.39 is 15.9 Å². The molecule has 0 aliphatic carbocycles. The molecule has 0 atom stereocenters. The lowest BCUT2D eigenvalue weighted by molar-refractivity contribution is 0.0997. The second kappa shape index (κ2) is 10.8. The number of anilines is 3. The predicted octanol–water partition coefficient (Wildman–Crippen LogP) is 2.04. The fourth-order valence-electron chi connectivity index (χ4n) is 3.02. The molecule has 0 saturated heterocycles. The Balaban J connectivity index is 1.60. The van der Waals surface area contributed by atoms with E-state index in [-0.39, 0.29) is 29.3 Å². The van der Waals surface area contributed by atoms with Crippen molar-refractivity contribution in [2.24, 2.45) is 5.73 Å². The fourth-order valence-corrected chi connectivity index (χ4v) is 4.08. The van der Waals surface area contributed by atoms with Gasteiger partial charge in [-0.2, -0.15) is 4.98 Å². The third kappa shape index (κ3) is 6.33. The summed E-state index contributed by atoms with van der Waals surface area (Å²) >= 11 is 0. The molecule has 3 aromatic rings. The number of methoxy groups -OCH3 is 2. The standard InChI is InChI=1S/C22H26N6O5S/c1-14-12-20(27-15-4-6-16(32-2)7-5-15)28-22(26-14)24-10-11-25-34(30,31)17-8-9-19(33-3)18(13-17)21(23)29/h4-9,12-13,25H,10-11H2,1-3H3,(H2,23,29)(H2,24,26,27,28). The van der Waals surface area contributed by atoms with Crippen molar-refractivity contribution >= 4 is 33.4 Å². The molecular weight excluding hydrogens is 460 g/mol. The highest BCUT2D eigenvalue weighted by Gasteiger charge is 2.18. The van der Waals surface area contributed by atoms with E-state index in [0.29, 0.717) is 11.8 Å². The van der Waals surface area contributed by atoms with Crippen LogP contribution in [0, 0.1) is 6.92 Å². The van der Waals surface area contributed by atoms with Crippen molar-refractivity contribution < 1.29 is 22.7 Å². The van der Waals surface area contributed by atoms with Crippen molar-refractivity contribution in [2.75, 3.05) is 37.9 Å². The zero-order valence-corrected chi connectivity index (χ0v) is 19.8. The van der Waals surface area contributed by atoms with E-state index in [1.165, 1.54) is 25.3 Å². The Hall–Kier alpha value is -3.90. The van der Waals surface area contributed by atoms with E-state index in [4.69, 9.17) is 15.2 Å². The smallest absolute Gasteiger partial charge is 0.252 e. The molecular formula is C22H26N6O5S. The summed E-state index contributed by atoms with van der Waals surface area (Å²) < 4.78 is 37.8. The Labute approximate surface area is 197 Å². The van der Waals surface area contributed by atoms with Gasteiger partial charge in [-0.25, -0.2) is 18.1 Å². The van der Waals surface area contributed by atoms with Crippen molar-refractivity contribution in [3.8, 4) is 11.5 Å². The van der Waals surface area contributed by atoms with Crippen LogP contribution in [-0.2, 0) is 10.0 Å². The number of rotatable bonds is 11. The van der Waals surface area contributed by atoms with Crippen molar-refractivity contribution in [3.05, 3.63) is 59.8 Å². The monoisotopic (exact) mass is 486 g/mol. The predicted molar refractivity (Wildman–Crippen MR) is 128 cm³/mol. The summed E-state index contributed by atoms with van der Waals surface area (Å²) in [7, 11) is -0.908. The Bertz CT molecular complexity index is 1270. The number of ether oxygens (including phenoxy) is 2. The zero-order chi connectivity index (χ0) is 24.7. The topological polar surface area (TPSA) is 158 Å². The summed E-state index contributed by atoms with van der Waals surface area (Å²) in [5.41, 5.74) is 6.84. The minimum absolute atomic E-state index is 0.0199. The van der Waals surface area contributed by atoms with E-state index in [2.05, 4.69) is 25.3 Å². The van der Waals surface area contributed by atoms with Gasteiger partial charge in [-0.3, -0.25) is 4.79 Å². The Morgan fingerprint density at radius 3 is 2.38 bits per heavy atom. The van der Waals surface area contributed by atoms with Gasteiger partial charge in [-0.15, -0.1) is 0 Å². The van der Waals surface area contributed by atoms with E-state index >= 15 is 0 Å². The van der Waals surface area contributed by atoms with Crippen molar-refractivity contribution in [1.29, 1.82) is 0 Å². The SMILES string of the molecule is COc1ccc(Nc2cc(C)nc(NCCNS(=O)(=O)c3ccc(OC)c(C(N)=O)c3)n2)cc1. The number of nitrogens with zero attached hydrogens (tertiary/aromatic N) is 2. The van der Waals surface area contributed by atoms with Gasteiger partial charge in [0, 0.05) is 30.5 Å². The molecule has 1 aromatic heterocycles. The second-order valence-corrected chi connectivity index (χ2v) is 8.89. The van der Waals surface area contributed by atoms with Gasteiger partial charge in [0.05, 0.1) is 24.7 Å². The number of amides is 1.